The summed E-state index contributed by atoms with van der Waals surface area (Å²) in [5.41, 5.74) is 3.48. The normalized spacial score (nSPS) is 11.1. The minimum absolute atomic E-state index is 0.163. The topological polar surface area (TPSA) is 60.3 Å². The van der Waals surface area contributed by atoms with Gasteiger partial charge in [-0.15, -0.1) is 11.3 Å². The van der Waals surface area contributed by atoms with Gasteiger partial charge in [0, 0.05) is 11.7 Å². The maximum Gasteiger partial charge on any atom is 0.338 e. The second kappa shape index (κ2) is 6.72. The summed E-state index contributed by atoms with van der Waals surface area (Å²) < 4.78 is 7.89. The Balaban J connectivity index is 1.94. The van der Waals surface area contributed by atoms with Crippen molar-refractivity contribution >= 4 is 39.1 Å². The first-order valence-corrected chi connectivity index (χ1v) is 8.89. The van der Waals surface area contributed by atoms with E-state index >= 15 is 0 Å². The van der Waals surface area contributed by atoms with Crippen LogP contribution in [0.2, 0.25) is 0 Å². The number of fused-ring (bicyclic) bond motifs is 1. The molecule has 130 valence electrons. The van der Waals surface area contributed by atoms with Crippen LogP contribution < -0.4 is 5.32 Å². The molecule has 0 fully saturated rings. The van der Waals surface area contributed by atoms with Gasteiger partial charge < -0.3 is 14.6 Å². The van der Waals surface area contributed by atoms with E-state index in [1.165, 1.54) is 7.11 Å². The van der Waals surface area contributed by atoms with Crippen LogP contribution in [0.5, 0.6) is 0 Å². The number of hydrogen-bond acceptors (Lipinski definition) is 4. The lowest BCUT2D eigenvalue weighted by atomic mass is 10.1. The largest absolute Gasteiger partial charge is 0.465 e. The van der Waals surface area contributed by atoms with Crippen molar-refractivity contribution in [2.45, 2.75) is 26.8 Å². The highest BCUT2D eigenvalue weighted by Crippen LogP contribution is 2.29. The molecule has 0 saturated heterocycles. The van der Waals surface area contributed by atoms with E-state index in [1.54, 1.807) is 29.5 Å². The van der Waals surface area contributed by atoms with Crippen molar-refractivity contribution in [2.75, 3.05) is 12.4 Å². The summed E-state index contributed by atoms with van der Waals surface area (Å²) in [5.74, 6) is -0.614. The number of aromatic nitrogens is 1. The van der Waals surface area contributed by atoms with E-state index in [1.807, 2.05) is 29.0 Å². The summed E-state index contributed by atoms with van der Waals surface area (Å²) in [6, 6.07) is 9.32. The Bertz CT molecular complexity index is 953. The molecule has 0 atom stereocenters. The fourth-order valence-corrected chi connectivity index (χ4v) is 3.71. The molecule has 25 heavy (non-hydrogen) atoms. The molecule has 2 aromatic heterocycles. The molecule has 0 aliphatic carbocycles. The van der Waals surface area contributed by atoms with Gasteiger partial charge in [-0.05, 0) is 56.0 Å². The number of anilines is 1. The number of hydrogen-bond donors (Lipinski definition) is 1. The average Bonchev–Trinajstić information content (AvgIpc) is 3.16. The van der Waals surface area contributed by atoms with Crippen molar-refractivity contribution < 1.29 is 14.3 Å². The first kappa shape index (κ1) is 17.2. The van der Waals surface area contributed by atoms with Gasteiger partial charge >= 0.3 is 5.97 Å². The second-order valence-electron chi connectivity index (χ2n) is 6.14. The van der Waals surface area contributed by atoms with E-state index in [0.717, 1.165) is 15.8 Å². The third-order valence-corrected chi connectivity index (χ3v) is 4.96. The van der Waals surface area contributed by atoms with Crippen molar-refractivity contribution in [1.82, 2.24) is 4.57 Å². The van der Waals surface area contributed by atoms with Gasteiger partial charge in [0.2, 0.25) is 0 Å². The number of benzene rings is 1. The summed E-state index contributed by atoms with van der Waals surface area (Å²) in [5, 5.41) is 4.91. The number of ether oxygens (including phenoxy) is 1. The molecular weight excluding hydrogens is 336 g/mol. The van der Waals surface area contributed by atoms with Crippen LogP contribution >= 0.6 is 11.3 Å². The standard InChI is InChI=1S/C19H20N2O3S/c1-11(2)21-15-7-8-25-17(15)10-16(21)18(22)20-13-6-5-12(3)14(9-13)19(23)24-4/h5-11H,1-4H3,(H,20,22). The molecule has 0 aliphatic rings. The fraction of sp³-hybridized carbons (Fsp3) is 0.263. The summed E-state index contributed by atoms with van der Waals surface area (Å²) in [6.07, 6.45) is 0. The lowest BCUT2D eigenvalue weighted by molar-refractivity contribution is 0.0599. The Labute approximate surface area is 150 Å². The Morgan fingerprint density at radius 2 is 1.96 bits per heavy atom. The van der Waals surface area contributed by atoms with Crippen molar-refractivity contribution in [2.24, 2.45) is 0 Å². The van der Waals surface area contributed by atoms with E-state index in [9.17, 15) is 9.59 Å². The van der Waals surface area contributed by atoms with Crippen LogP contribution in [0.4, 0.5) is 5.69 Å². The minimum atomic E-state index is -0.417. The predicted molar refractivity (Wildman–Crippen MR) is 101 cm³/mol. The Kier molecular flexibility index (Phi) is 4.63. The minimum Gasteiger partial charge on any atom is -0.465 e. The molecule has 3 aromatic rings. The monoisotopic (exact) mass is 356 g/mol. The Morgan fingerprint density at radius 1 is 1.20 bits per heavy atom. The van der Waals surface area contributed by atoms with Gasteiger partial charge in [-0.25, -0.2) is 4.79 Å². The Hall–Kier alpha value is -2.60. The molecule has 3 rings (SSSR count). The maximum absolute atomic E-state index is 12.8. The zero-order valence-corrected chi connectivity index (χ0v) is 15.4. The van der Waals surface area contributed by atoms with Crippen LogP contribution in [0.3, 0.4) is 0 Å². The highest BCUT2D eigenvalue weighted by atomic mass is 32.1. The number of nitrogens with one attached hydrogen (secondary N) is 1. The van der Waals surface area contributed by atoms with Gasteiger partial charge in [-0.3, -0.25) is 4.79 Å². The summed E-state index contributed by atoms with van der Waals surface area (Å²) in [7, 11) is 1.34. The zero-order valence-electron chi connectivity index (χ0n) is 14.6. The van der Waals surface area contributed by atoms with Crippen LogP contribution in [-0.4, -0.2) is 23.6 Å². The second-order valence-corrected chi connectivity index (χ2v) is 7.09. The first-order chi connectivity index (χ1) is 11.9. The molecule has 1 amide bonds. The zero-order chi connectivity index (χ0) is 18.1. The first-order valence-electron chi connectivity index (χ1n) is 8.01. The average molecular weight is 356 g/mol. The molecule has 1 aromatic carbocycles. The maximum atomic E-state index is 12.8. The molecular formula is C19H20N2O3S. The van der Waals surface area contributed by atoms with Crippen LogP contribution in [-0.2, 0) is 4.74 Å². The van der Waals surface area contributed by atoms with Crippen LogP contribution in [0.15, 0.2) is 35.7 Å². The van der Waals surface area contributed by atoms with Crippen molar-refractivity contribution in [3.63, 3.8) is 0 Å². The van der Waals surface area contributed by atoms with E-state index in [0.29, 0.717) is 16.9 Å². The number of nitrogens with zero attached hydrogens (tertiary/aromatic N) is 1. The number of esters is 1. The molecule has 2 heterocycles. The summed E-state index contributed by atoms with van der Waals surface area (Å²) in [6.45, 7) is 5.93. The van der Waals surface area contributed by atoms with Crippen molar-refractivity contribution in [3.8, 4) is 0 Å². The predicted octanol–water partition coefficient (Wildman–Crippen LogP) is 4.63. The van der Waals surface area contributed by atoms with Gasteiger partial charge in [0.25, 0.3) is 5.91 Å². The number of aryl methyl sites for hydroxylation is 1. The van der Waals surface area contributed by atoms with E-state index < -0.39 is 5.97 Å². The molecule has 0 aliphatic heterocycles. The Morgan fingerprint density at radius 3 is 2.64 bits per heavy atom. The SMILES string of the molecule is COC(=O)c1cc(NC(=O)c2cc3sccc3n2C(C)C)ccc1C. The highest BCUT2D eigenvalue weighted by Gasteiger charge is 2.19. The van der Waals surface area contributed by atoms with Crippen LogP contribution in [0.25, 0.3) is 10.2 Å². The molecule has 0 radical (unpaired) electrons. The van der Waals surface area contributed by atoms with E-state index in [-0.39, 0.29) is 11.9 Å². The highest BCUT2D eigenvalue weighted by molar-refractivity contribution is 7.17. The van der Waals surface area contributed by atoms with Gasteiger partial charge in [-0.1, -0.05) is 6.07 Å². The molecule has 0 spiro atoms. The number of rotatable bonds is 4. The fourth-order valence-electron chi connectivity index (χ4n) is 2.90. The molecule has 1 N–H and O–H groups in total. The molecule has 0 bridgehead atoms. The van der Waals surface area contributed by atoms with E-state index in [2.05, 4.69) is 19.2 Å². The van der Waals surface area contributed by atoms with Gasteiger partial charge in [0.15, 0.2) is 0 Å². The van der Waals surface area contributed by atoms with Crippen LogP contribution in [0.1, 0.15) is 46.3 Å². The number of methoxy groups -OCH3 is 1. The summed E-state index contributed by atoms with van der Waals surface area (Å²) in [4.78, 5) is 24.6. The van der Waals surface area contributed by atoms with Crippen LogP contribution in [0, 0.1) is 6.92 Å². The van der Waals surface area contributed by atoms with Gasteiger partial charge in [0.05, 0.1) is 22.9 Å². The number of thiophene rings is 1. The van der Waals surface area contributed by atoms with Gasteiger partial charge in [0.1, 0.15) is 5.69 Å². The molecule has 5 nitrogen and oxygen atoms in total. The molecule has 0 saturated carbocycles. The molecule has 0 unspecified atom stereocenters. The van der Waals surface area contributed by atoms with Crippen molar-refractivity contribution in [1.29, 1.82) is 0 Å². The molecule has 6 heteroatoms. The van der Waals surface area contributed by atoms with Crippen molar-refractivity contribution in [3.05, 3.63) is 52.5 Å². The number of carbonyl (C=O) groups excluding carboxylic acids is 2. The smallest absolute Gasteiger partial charge is 0.338 e. The third kappa shape index (κ3) is 3.17. The lowest BCUT2D eigenvalue weighted by Gasteiger charge is -2.14. The summed E-state index contributed by atoms with van der Waals surface area (Å²) >= 11 is 1.61. The lowest BCUT2D eigenvalue weighted by Crippen LogP contribution is -2.18. The quantitative estimate of drug-likeness (QED) is 0.693. The van der Waals surface area contributed by atoms with Gasteiger partial charge in [-0.2, -0.15) is 0 Å². The number of amides is 1. The number of carbonyl (C=O) groups is 2. The van der Waals surface area contributed by atoms with E-state index in [4.69, 9.17) is 4.74 Å². The third-order valence-electron chi connectivity index (χ3n) is 4.11.